The van der Waals surface area contributed by atoms with Gasteiger partial charge in [0.15, 0.2) is 0 Å². The van der Waals surface area contributed by atoms with Crippen LogP contribution in [0.5, 0.6) is 0 Å². The maximum absolute atomic E-state index is 11.9. The van der Waals surface area contributed by atoms with Gasteiger partial charge in [-0.15, -0.1) is 0 Å². The zero-order valence-electron chi connectivity index (χ0n) is 10.9. The Morgan fingerprint density at radius 2 is 1.95 bits per heavy atom. The fourth-order valence-corrected chi connectivity index (χ4v) is 3.03. The second kappa shape index (κ2) is 5.43. The molecule has 19 heavy (non-hydrogen) atoms. The van der Waals surface area contributed by atoms with Gasteiger partial charge in [0.25, 0.3) is 5.91 Å². The Hall–Kier alpha value is -1.84. The first kappa shape index (κ1) is 12.2. The number of carbonyl (C=O) groups is 1. The minimum atomic E-state index is -0.109. The molecule has 100 valence electrons. The fraction of sp³-hybridized carbons (Fsp3) is 0.467. The molecule has 3 rings (SSSR count). The number of nitrogens with zero attached hydrogens (tertiary/aromatic N) is 1. The standard InChI is InChI=1S/C15H19N3O/c19-15(11-6-2-1-3-7-11)18-17-14-13-9-5-4-8-12(13)10-16-14/h1-3,6-7,12-13H,4-5,8-10H2,(H,16,17)(H,18,19). The topological polar surface area (TPSA) is 53.5 Å². The molecule has 1 aromatic rings. The summed E-state index contributed by atoms with van der Waals surface area (Å²) in [5.41, 5.74) is 6.44. The molecule has 0 spiro atoms. The molecule has 2 atom stereocenters. The summed E-state index contributed by atoms with van der Waals surface area (Å²) in [4.78, 5) is 16.5. The summed E-state index contributed by atoms with van der Waals surface area (Å²) in [5, 5.41) is 0. The summed E-state index contributed by atoms with van der Waals surface area (Å²) < 4.78 is 0. The first-order valence-corrected chi connectivity index (χ1v) is 7.00. The van der Waals surface area contributed by atoms with Gasteiger partial charge in [0.1, 0.15) is 5.84 Å². The number of carbonyl (C=O) groups excluding carboxylic acids is 1. The predicted molar refractivity (Wildman–Crippen MR) is 74.8 cm³/mol. The van der Waals surface area contributed by atoms with E-state index in [-0.39, 0.29) is 5.91 Å². The van der Waals surface area contributed by atoms with Crippen LogP contribution in [0.25, 0.3) is 0 Å². The molecule has 1 saturated carbocycles. The average molecular weight is 257 g/mol. The minimum absolute atomic E-state index is 0.109. The number of benzene rings is 1. The van der Waals surface area contributed by atoms with Crippen LogP contribution in [0.1, 0.15) is 36.0 Å². The molecule has 4 heteroatoms. The first-order valence-electron chi connectivity index (χ1n) is 7.00. The normalized spacial score (nSPS) is 25.4. The zero-order chi connectivity index (χ0) is 13.1. The van der Waals surface area contributed by atoms with Crippen LogP contribution in [-0.4, -0.2) is 18.3 Å². The second-order valence-corrected chi connectivity index (χ2v) is 5.32. The van der Waals surface area contributed by atoms with Crippen molar-refractivity contribution in [3.05, 3.63) is 35.9 Å². The third kappa shape index (κ3) is 2.62. The van der Waals surface area contributed by atoms with Crippen LogP contribution in [0.3, 0.4) is 0 Å². The predicted octanol–water partition coefficient (Wildman–Crippen LogP) is 2.14. The summed E-state index contributed by atoms with van der Waals surface area (Å²) >= 11 is 0. The van der Waals surface area contributed by atoms with Crippen LogP contribution >= 0.6 is 0 Å². The zero-order valence-corrected chi connectivity index (χ0v) is 10.9. The lowest BCUT2D eigenvalue weighted by Crippen LogP contribution is -2.44. The molecule has 1 amide bonds. The fourth-order valence-electron chi connectivity index (χ4n) is 3.03. The molecule has 2 aliphatic rings. The average Bonchev–Trinajstić information content (AvgIpc) is 2.89. The van der Waals surface area contributed by atoms with E-state index in [4.69, 9.17) is 0 Å². The highest BCUT2D eigenvalue weighted by atomic mass is 16.2. The highest BCUT2D eigenvalue weighted by Crippen LogP contribution is 2.34. The number of nitrogens with one attached hydrogen (secondary N) is 2. The number of hydrogen-bond acceptors (Lipinski definition) is 3. The molecule has 4 nitrogen and oxygen atoms in total. The second-order valence-electron chi connectivity index (χ2n) is 5.32. The summed E-state index contributed by atoms with van der Waals surface area (Å²) in [6, 6.07) is 9.23. The van der Waals surface area contributed by atoms with E-state index < -0.39 is 0 Å². The van der Waals surface area contributed by atoms with Crippen molar-refractivity contribution in [2.24, 2.45) is 16.8 Å². The SMILES string of the molecule is O=C(NNC1=NCC2CCCCC12)c1ccccc1. The number of amidine groups is 1. The smallest absolute Gasteiger partial charge is 0.269 e. The van der Waals surface area contributed by atoms with Crippen molar-refractivity contribution in [2.45, 2.75) is 25.7 Å². The van der Waals surface area contributed by atoms with Crippen molar-refractivity contribution in [2.75, 3.05) is 6.54 Å². The highest BCUT2D eigenvalue weighted by molar-refractivity contribution is 5.96. The van der Waals surface area contributed by atoms with E-state index >= 15 is 0 Å². The van der Waals surface area contributed by atoms with Crippen LogP contribution in [-0.2, 0) is 0 Å². The molecule has 1 aliphatic carbocycles. The van der Waals surface area contributed by atoms with Gasteiger partial charge in [0.05, 0.1) is 0 Å². The van der Waals surface area contributed by atoms with E-state index in [2.05, 4.69) is 15.8 Å². The van der Waals surface area contributed by atoms with Gasteiger partial charge in [-0.05, 0) is 30.9 Å². The van der Waals surface area contributed by atoms with E-state index in [1.54, 1.807) is 12.1 Å². The molecule has 1 heterocycles. The third-order valence-corrected chi connectivity index (χ3v) is 4.10. The van der Waals surface area contributed by atoms with Crippen LogP contribution in [0.15, 0.2) is 35.3 Å². The van der Waals surface area contributed by atoms with Crippen LogP contribution < -0.4 is 10.9 Å². The number of amides is 1. The maximum Gasteiger partial charge on any atom is 0.269 e. The van der Waals surface area contributed by atoms with Gasteiger partial charge < -0.3 is 0 Å². The largest absolute Gasteiger partial charge is 0.285 e. The van der Waals surface area contributed by atoms with Crippen molar-refractivity contribution in [3.63, 3.8) is 0 Å². The Labute approximate surface area is 113 Å². The van der Waals surface area contributed by atoms with Crippen molar-refractivity contribution >= 4 is 11.7 Å². The molecule has 0 saturated heterocycles. The van der Waals surface area contributed by atoms with Gasteiger partial charge in [-0.3, -0.25) is 20.6 Å². The highest BCUT2D eigenvalue weighted by Gasteiger charge is 2.33. The molecule has 2 unspecified atom stereocenters. The molecular weight excluding hydrogens is 238 g/mol. The van der Waals surface area contributed by atoms with E-state index in [0.29, 0.717) is 17.4 Å². The molecule has 2 N–H and O–H groups in total. The third-order valence-electron chi connectivity index (χ3n) is 4.10. The Balaban J connectivity index is 1.57. The molecule has 0 radical (unpaired) electrons. The lowest BCUT2D eigenvalue weighted by atomic mass is 9.80. The quantitative estimate of drug-likeness (QED) is 0.757. The number of rotatable bonds is 1. The number of hydrazine groups is 1. The van der Waals surface area contributed by atoms with E-state index in [1.165, 1.54) is 25.7 Å². The minimum Gasteiger partial charge on any atom is -0.285 e. The van der Waals surface area contributed by atoms with Gasteiger partial charge in [-0.25, -0.2) is 0 Å². The lowest BCUT2D eigenvalue weighted by molar-refractivity contribution is 0.0942. The number of hydrogen-bond donors (Lipinski definition) is 2. The van der Waals surface area contributed by atoms with E-state index in [1.807, 2.05) is 18.2 Å². The van der Waals surface area contributed by atoms with Crippen molar-refractivity contribution in [1.82, 2.24) is 10.9 Å². The van der Waals surface area contributed by atoms with E-state index in [9.17, 15) is 4.79 Å². The molecular formula is C15H19N3O. The Morgan fingerprint density at radius 1 is 1.16 bits per heavy atom. The molecule has 0 aromatic heterocycles. The monoisotopic (exact) mass is 257 g/mol. The molecule has 1 aromatic carbocycles. The van der Waals surface area contributed by atoms with Gasteiger partial charge in [-0.2, -0.15) is 0 Å². The summed E-state index contributed by atoms with van der Waals surface area (Å²) in [5.74, 6) is 2.06. The summed E-state index contributed by atoms with van der Waals surface area (Å²) in [6.45, 7) is 0.911. The van der Waals surface area contributed by atoms with Crippen LogP contribution in [0, 0.1) is 11.8 Å². The lowest BCUT2D eigenvalue weighted by Gasteiger charge is -2.26. The van der Waals surface area contributed by atoms with Gasteiger partial charge in [0, 0.05) is 18.0 Å². The number of aliphatic imine (C=N–C) groups is 1. The van der Waals surface area contributed by atoms with Crippen molar-refractivity contribution < 1.29 is 4.79 Å². The maximum atomic E-state index is 11.9. The van der Waals surface area contributed by atoms with Gasteiger partial charge in [0.2, 0.25) is 0 Å². The Kier molecular flexibility index (Phi) is 3.49. The Bertz CT molecular complexity index is 483. The summed E-state index contributed by atoms with van der Waals surface area (Å²) in [7, 11) is 0. The molecule has 1 aliphatic heterocycles. The van der Waals surface area contributed by atoms with Crippen molar-refractivity contribution in [1.29, 1.82) is 0 Å². The van der Waals surface area contributed by atoms with Gasteiger partial charge >= 0.3 is 0 Å². The van der Waals surface area contributed by atoms with Crippen LogP contribution in [0.4, 0.5) is 0 Å². The van der Waals surface area contributed by atoms with Gasteiger partial charge in [-0.1, -0.05) is 31.0 Å². The Morgan fingerprint density at radius 3 is 2.79 bits per heavy atom. The summed E-state index contributed by atoms with van der Waals surface area (Å²) in [6.07, 6.45) is 5.05. The van der Waals surface area contributed by atoms with Crippen LogP contribution in [0.2, 0.25) is 0 Å². The molecule has 0 bridgehead atoms. The van der Waals surface area contributed by atoms with Crippen molar-refractivity contribution in [3.8, 4) is 0 Å². The van der Waals surface area contributed by atoms with E-state index in [0.717, 1.165) is 12.4 Å². The number of fused-ring (bicyclic) bond motifs is 1. The first-order chi connectivity index (χ1) is 9.34. The molecule has 1 fully saturated rings.